The third-order valence-corrected chi connectivity index (χ3v) is 3.80. The van der Waals surface area contributed by atoms with Crippen molar-refractivity contribution in [2.75, 3.05) is 12.4 Å². The molecular weight excluding hydrogens is 274 g/mol. The van der Waals surface area contributed by atoms with Crippen LogP contribution in [-0.2, 0) is 9.59 Å². The van der Waals surface area contributed by atoms with Gasteiger partial charge in [0.1, 0.15) is 5.75 Å². The van der Waals surface area contributed by atoms with Crippen LogP contribution < -0.4 is 10.1 Å². The van der Waals surface area contributed by atoms with E-state index in [1.165, 1.54) is 7.11 Å². The molecule has 3 N–H and O–H groups in total. The van der Waals surface area contributed by atoms with E-state index in [-0.39, 0.29) is 0 Å². The third kappa shape index (κ3) is 3.45. The van der Waals surface area contributed by atoms with Gasteiger partial charge in [0.15, 0.2) is 5.92 Å². The van der Waals surface area contributed by atoms with Crippen molar-refractivity contribution >= 4 is 17.6 Å². The van der Waals surface area contributed by atoms with E-state index < -0.39 is 23.4 Å². The smallest absolute Gasteiger partial charge is 0.320 e. The number of benzene rings is 1. The number of carboxylic acids is 2. The van der Waals surface area contributed by atoms with Crippen LogP contribution in [0.5, 0.6) is 5.75 Å². The molecule has 0 aliphatic carbocycles. The van der Waals surface area contributed by atoms with Gasteiger partial charge in [-0.15, -0.1) is 0 Å². The van der Waals surface area contributed by atoms with Crippen molar-refractivity contribution in [1.82, 2.24) is 0 Å². The first-order chi connectivity index (χ1) is 9.91. The van der Waals surface area contributed by atoms with Gasteiger partial charge >= 0.3 is 11.9 Å². The summed E-state index contributed by atoms with van der Waals surface area (Å²) in [5.74, 6) is -3.71. The zero-order chi connectivity index (χ0) is 16.0. The van der Waals surface area contributed by atoms with Gasteiger partial charge in [-0.25, -0.2) is 0 Å². The summed E-state index contributed by atoms with van der Waals surface area (Å²) >= 11 is 0. The normalized spacial score (nSPS) is 11.2. The van der Waals surface area contributed by atoms with E-state index in [2.05, 4.69) is 5.32 Å². The number of carbonyl (C=O) groups is 2. The molecule has 0 saturated carbocycles. The summed E-state index contributed by atoms with van der Waals surface area (Å²) in [5.41, 5.74) is -0.511. The van der Waals surface area contributed by atoms with Crippen LogP contribution in [0, 0.1) is 5.92 Å². The van der Waals surface area contributed by atoms with Gasteiger partial charge < -0.3 is 20.3 Å². The molecule has 1 rings (SSSR count). The summed E-state index contributed by atoms with van der Waals surface area (Å²) in [6, 6.07) is 7.03. The van der Waals surface area contributed by atoms with Crippen molar-refractivity contribution in [3.63, 3.8) is 0 Å². The van der Waals surface area contributed by atoms with Crippen LogP contribution in [-0.4, -0.2) is 34.8 Å². The van der Waals surface area contributed by atoms with Gasteiger partial charge in [0.2, 0.25) is 0 Å². The summed E-state index contributed by atoms with van der Waals surface area (Å²) in [7, 11) is 1.51. The maximum atomic E-state index is 11.4. The molecular formula is C15H21NO5. The lowest BCUT2D eigenvalue weighted by molar-refractivity contribution is -0.157. The van der Waals surface area contributed by atoms with Crippen molar-refractivity contribution in [3.8, 4) is 5.75 Å². The molecule has 6 nitrogen and oxygen atoms in total. The minimum absolute atomic E-state index is 0.352. The highest BCUT2D eigenvalue weighted by atomic mass is 16.5. The lowest BCUT2D eigenvalue weighted by atomic mass is 9.79. The largest absolute Gasteiger partial charge is 0.495 e. The second-order valence-electron chi connectivity index (χ2n) is 4.80. The molecule has 0 amide bonds. The zero-order valence-electron chi connectivity index (χ0n) is 12.4. The summed E-state index contributed by atoms with van der Waals surface area (Å²) < 4.78 is 5.22. The Morgan fingerprint density at radius 1 is 1.19 bits per heavy atom. The number of hydrogen-bond donors (Lipinski definition) is 3. The Morgan fingerprint density at radius 3 is 2.14 bits per heavy atom. The SMILES string of the molecule is CCC(CC)(Nc1ccccc1OC)C(C(=O)O)C(=O)O. The lowest BCUT2D eigenvalue weighted by Crippen LogP contribution is -2.51. The van der Waals surface area contributed by atoms with Crippen LogP contribution in [0.15, 0.2) is 24.3 Å². The molecule has 0 heterocycles. The van der Waals surface area contributed by atoms with Gasteiger partial charge in [0.25, 0.3) is 0 Å². The Hall–Kier alpha value is -2.24. The average molecular weight is 295 g/mol. The third-order valence-electron chi connectivity index (χ3n) is 3.80. The number of hydrogen-bond acceptors (Lipinski definition) is 4. The Balaban J connectivity index is 3.27. The molecule has 0 atom stereocenters. The highest BCUT2D eigenvalue weighted by Gasteiger charge is 2.46. The number of ether oxygens (including phenoxy) is 1. The second kappa shape index (κ2) is 6.97. The number of rotatable bonds is 8. The predicted octanol–water partition coefficient (Wildman–Crippen LogP) is 2.45. The van der Waals surface area contributed by atoms with Gasteiger partial charge in [-0.05, 0) is 25.0 Å². The Morgan fingerprint density at radius 2 is 1.71 bits per heavy atom. The number of anilines is 1. The average Bonchev–Trinajstić information content (AvgIpc) is 2.46. The minimum atomic E-state index is -1.54. The first-order valence-corrected chi connectivity index (χ1v) is 6.78. The Bertz CT molecular complexity index is 497. The van der Waals surface area contributed by atoms with Crippen molar-refractivity contribution in [3.05, 3.63) is 24.3 Å². The highest BCUT2D eigenvalue weighted by Crippen LogP contribution is 2.34. The summed E-state index contributed by atoms with van der Waals surface area (Å²) in [5, 5.41) is 21.7. The van der Waals surface area contributed by atoms with Gasteiger partial charge in [0.05, 0.1) is 18.3 Å². The van der Waals surface area contributed by atoms with E-state index in [0.29, 0.717) is 24.3 Å². The predicted molar refractivity (Wildman–Crippen MR) is 78.7 cm³/mol. The van der Waals surface area contributed by atoms with Crippen molar-refractivity contribution in [2.45, 2.75) is 32.2 Å². The fourth-order valence-electron chi connectivity index (χ4n) is 2.50. The van der Waals surface area contributed by atoms with Crippen LogP contribution in [0.2, 0.25) is 0 Å². The molecule has 0 spiro atoms. The van der Waals surface area contributed by atoms with Crippen molar-refractivity contribution in [1.29, 1.82) is 0 Å². The van der Waals surface area contributed by atoms with E-state index in [1.807, 2.05) is 0 Å². The molecule has 0 fully saturated rings. The molecule has 21 heavy (non-hydrogen) atoms. The van der Waals surface area contributed by atoms with E-state index in [9.17, 15) is 19.8 Å². The molecule has 1 aromatic rings. The molecule has 0 unspecified atom stereocenters. The summed E-state index contributed by atoms with van der Waals surface area (Å²) in [4.78, 5) is 22.8. The van der Waals surface area contributed by atoms with Crippen LogP contribution in [0.1, 0.15) is 26.7 Å². The maximum absolute atomic E-state index is 11.4. The molecule has 0 bridgehead atoms. The summed E-state index contributed by atoms with van der Waals surface area (Å²) in [6.45, 7) is 3.54. The van der Waals surface area contributed by atoms with Gasteiger partial charge in [0, 0.05) is 0 Å². The minimum Gasteiger partial charge on any atom is -0.495 e. The van der Waals surface area contributed by atoms with E-state index in [1.54, 1.807) is 38.1 Å². The lowest BCUT2D eigenvalue weighted by Gasteiger charge is -2.37. The highest BCUT2D eigenvalue weighted by molar-refractivity contribution is 5.95. The zero-order valence-corrected chi connectivity index (χ0v) is 12.4. The molecule has 0 radical (unpaired) electrons. The second-order valence-corrected chi connectivity index (χ2v) is 4.80. The van der Waals surface area contributed by atoms with Gasteiger partial charge in [-0.2, -0.15) is 0 Å². The number of nitrogens with one attached hydrogen (secondary N) is 1. The van der Waals surface area contributed by atoms with Crippen LogP contribution in [0.3, 0.4) is 0 Å². The van der Waals surface area contributed by atoms with Gasteiger partial charge in [-0.1, -0.05) is 26.0 Å². The first kappa shape index (κ1) is 16.8. The standard InChI is InChI=1S/C15H21NO5/c1-4-15(5-2,12(13(17)18)14(19)20)16-10-8-6-7-9-11(10)21-3/h6-9,12,16H,4-5H2,1-3H3,(H,17,18)(H,19,20). The molecule has 0 aliphatic heterocycles. The molecule has 0 saturated heterocycles. The van der Waals surface area contributed by atoms with Crippen molar-refractivity contribution in [2.24, 2.45) is 5.92 Å². The van der Waals surface area contributed by atoms with E-state index >= 15 is 0 Å². The molecule has 0 aliphatic rings. The maximum Gasteiger partial charge on any atom is 0.320 e. The molecule has 6 heteroatoms. The number of para-hydroxylation sites is 2. The topological polar surface area (TPSA) is 95.9 Å². The Kier molecular flexibility index (Phi) is 5.58. The first-order valence-electron chi connectivity index (χ1n) is 6.78. The molecule has 116 valence electrons. The van der Waals surface area contributed by atoms with E-state index in [0.717, 1.165) is 0 Å². The summed E-state index contributed by atoms with van der Waals surface area (Å²) in [6.07, 6.45) is 0.704. The quantitative estimate of drug-likeness (QED) is 0.638. The van der Waals surface area contributed by atoms with Crippen LogP contribution >= 0.6 is 0 Å². The fourth-order valence-corrected chi connectivity index (χ4v) is 2.50. The number of methoxy groups -OCH3 is 1. The van der Waals surface area contributed by atoms with Crippen LogP contribution in [0.4, 0.5) is 5.69 Å². The number of carboxylic acid groups (broad SMARTS) is 2. The van der Waals surface area contributed by atoms with Crippen LogP contribution in [0.25, 0.3) is 0 Å². The van der Waals surface area contributed by atoms with E-state index in [4.69, 9.17) is 4.74 Å². The molecule has 0 aromatic heterocycles. The fraction of sp³-hybridized carbons (Fsp3) is 0.467. The van der Waals surface area contributed by atoms with Gasteiger partial charge in [-0.3, -0.25) is 9.59 Å². The number of aliphatic carboxylic acids is 2. The molecule has 1 aromatic carbocycles. The Labute approximate surface area is 123 Å². The van der Waals surface area contributed by atoms with Crippen molar-refractivity contribution < 1.29 is 24.5 Å². The monoisotopic (exact) mass is 295 g/mol.